The zero-order valence-electron chi connectivity index (χ0n) is 12.3. The Labute approximate surface area is 162 Å². The Morgan fingerprint density at radius 2 is 1.76 bits per heavy atom. The minimum atomic E-state index is -3.78. The van der Waals surface area contributed by atoms with Crippen molar-refractivity contribution in [3.63, 3.8) is 0 Å². The van der Waals surface area contributed by atoms with Crippen LogP contribution in [-0.2, 0) is 14.6 Å². The first-order valence-corrected chi connectivity index (χ1v) is 10.4. The largest absolute Gasteiger partial charge is 0.301 e. The van der Waals surface area contributed by atoms with Gasteiger partial charge in [-0.3, -0.25) is 4.79 Å². The van der Waals surface area contributed by atoms with E-state index in [4.69, 9.17) is 34.8 Å². The lowest BCUT2D eigenvalue weighted by Crippen LogP contribution is -2.22. The van der Waals surface area contributed by atoms with E-state index in [1.165, 1.54) is 24.3 Å². The molecule has 5 nitrogen and oxygen atoms in total. The van der Waals surface area contributed by atoms with Crippen LogP contribution in [0.15, 0.2) is 41.3 Å². The summed E-state index contributed by atoms with van der Waals surface area (Å²) >= 11 is 18.9. The number of carbonyl (C=O) groups is 1. The van der Waals surface area contributed by atoms with Crippen molar-refractivity contribution >= 4 is 77.2 Å². The average molecular weight is 436 g/mol. The summed E-state index contributed by atoms with van der Waals surface area (Å²) in [5.74, 6) is -1.41. The minimum Gasteiger partial charge on any atom is -0.301 e. The van der Waals surface area contributed by atoms with Crippen LogP contribution in [0.2, 0.25) is 15.1 Å². The molecular weight excluding hydrogens is 427 g/mol. The van der Waals surface area contributed by atoms with Gasteiger partial charge in [0.05, 0.1) is 14.6 Å². The van der Waals surface area contributed by atoms with Crippen LogP contribution in [-0.4, -0.2) is 25.1 Å². The number of nitrogens with zero attached hydrogens (tertiary/aromatic N) is 1. The van der Waals surface area contributed by atoms with Crippen molar-refractivity contribution in [1.82, 2.24) is 4.98 Å². The number of halogens is 3. The van der Waals surface area contributed by atoms with E-state index >= 15 is 0 Å². The Morgan fingerprint density at radius 1 is 1.08 bits per heavy atom. The second-order valence-corrected chi connectivity index (χ2v) is 9.31. The van der Waals surface area contributed by atoms with Crippen LogP contribution in [0, 0.1) is 0 Å². The van der Waals surface area contributed by atoms with Crippen LogP contribution >= 0.6 is 46.1 Å². The van der Waals surface area contributed by atoms with E-state index < -0.39 is 21.5 Å². The van der Waals surface area contributed by atoms with E-state index in [2.05, 4.69) is 10.3 Å². The fourth-order valence-electron chi connectivity index (χ4n) is 2.06. The molecule has 10 heteroatoms. The molecule has 0 fully saturated rings. The van der Waals surface area contributed by atoms with Crippen LogP contribution in [0.5, 0.6) is 0 Å². The maximum absolute atomic E-state index is 12.3. The van der Waals surface area contributed by atoms with Crippen molar-refractivity contribution in [3.8, 4) is 0 Å². The van der Waals surface area contributed by atoms with Crippen molar-refractivity contribution in [1.29, 1.82) is 0 Å². The van der Waals surface area contributed by atoms with E-state index in [1.54, 1.807) is 12.1 Å². The molecule has 0 aliphatic rings. The summed E-state index contributed by atoms with van der Waals surface area (Å²) < 4.78 is 25.2. The molecule has 0 spiro atoms. The lowest BCUT2D eigenvalue weighted by atomic mass is 10.3. The number of thiazole rings is 1. The molecule has 25 heavy (non-hydrogen) atoms. The molecule has 1 amide bonds. The van der Waals surface area contributed by atoms with Gasteiger partial charge >= 0.3 is 0 Å². The Morgan fingerprint density at radius 3 is 2.44 bits per heavy atom. The highest BCUT2D eigenvalue weighted by Crippen LogP contribution is 2.33. The van der Waals surface area contributed by atoms with Gasteiger partial charge in [-0.1, -0.05) is 46.1 Å². The van der Waals surface area contributed by atoms with Crippen LogP contribution in [0.25, 0.3) is 10.2 Å². The highest BCUT2D eigenvalue weighted by Gasteiger charge is 2.20. The molecule has 0 unspecified atom stereocenters. The molecule has 130 valence electrons. The maximum Gasteiger partial charge on any atom is 0.241 e. The van der Waals surface area contributed by atoms with E-state index in [-0.39, 0.29) is 10.0 Å². The maximum atomic E-state index is 12.3. The number of aromatic nitrogens is 1. The Bertz CT molecular complexity index is 1060. The fourth-order valence-corrected chi connectivity index (χ4v) is 4.93. The topological polar surface area (TPSA) is 76.1 Å². The van der Waals surface area contributed by atoms with Gasteiger partial charge < -0.3 is 5.32 Å². The second kappa shape index (κ2) is 7.09. The monoisotopic (exact) mass is 434 g/mol. The molecule has 0 atom stereocenters. The van der Waals surface area contributed by atoms with Gasteiger partial charge in [-0.2, -0.15) is 0 Å². The zero-order valence-corrected chi connectivity index (χ0v) is 16.2. The van der Waals surface area contributed by atoms with Gasteiger partial charge in [0.2, 0.25) is 5.91 Å². The molecule has 0 aliphatic heterocycles. The number of hydrogen-bond donors (Lipinski definition) is 1. The number of benzene rings is 2. The molecule has 2 aromatic carbocycles. The van der Waals surface area contributed by atoms with Crippen LogP contribution in [0.3, 0.4) is 0 Å². The number of rotatable bonds is 4. The van der Waals surface area contributed by atoms with Crippen molar-refractivity contribution < 1.29 is 13.2 Å². The first-order valence-electron chi connectivity index (χ1n) is 6.78. The van der Waals surface area contributed by atoms with Gasteiger partial charge in [0, 0.05) is 10.0 Å². The summed E-state index contributed by atoms with van der Waals surface area (Å²) in [6.07, 6.45) is 0. The summed E-state index contributed by atoms with van der Waals surface area (Å²) in [6.45, 7) is 0. The Kier molecular flexibility index (Phi) is 5.22. The molecule has 0 bridgehead atoms. The highest BCUT2D eigenvalue weighted by atomic mass is 35.5. The van der Waals surface area contributed by atoms with Gasteiger partial charge in [-0.15, -0.1) is 0 Å². The highest BCUT2D eigenvalue weighted by molar-refractivity contribution is 7.92. The first kappa shape index (κ1) is 18.4. The molecule has 0 radical (unpaired) electrons. The van der Waals surface area contributed by atoms with Crippen molar-refractivity contribution in [2.75, 3.05) is 11.1 Å². The second-order valence-electron chi connectivity index (χ2n) is 5.01. The lowest BCUT2D eigenvalue weighted by Gasteiger charge is -2.04. The standard InChI is InChI=1S/C15H9Cl3N2O3S2/c16-8-1-3-10(4-2-8)25(22,23)7-13(21)19-15-20-14-11(18)5-9(17)6-12(14)24-15/h1-6H,7H2,(H,19,20,21). The van der Waals surface area contributed by atoms with Crippen molar-refractivity contribution in [2.24, 2.45) is 0 Å². The third-order valence-electron chi connectivity index (χ3n) is 3.15. The van der Waals surface area contributed by atoms with Gasteiger partial charge in [0.25, 0.3) is 0 Å². The van der Waals surface area contributed by atoms with E-state index in [0.29, 0.717) is 25.3 Å². The van der Waals surface area contributed by atoms with Crippen molar-refractivity contribution in [3.05, 3.63) is 51.5 Å². The van der Waals surface area contributed by atoms with Crippen molar-refractivity contribution in [2.45, 2.75) is 4.90 Å². The van der Waals surface area contributed by atoms with Crippen LogP contribution in [0.1, 0.15) is 0 Å². The van der Waals surface area contributed by atoms with Crippen LogP contribution < -0.4 is 5.32 Å². The predicted octanol–water partition coefficient (Wildman–Crippen LogP) is 4.67. The molecule has 1 N–H and O–H groups in total. The number of anilines is 1. The third kappa shape index (κ3) is 4.24. The van der Waals surface area contributed by atoms with Crippen LogP contribution in [0.4, 0.5) is 5.13 Å². The number of sulfone groups is 1. The average Bonchev–Trinajstić information content (AvgIpc) is 2.89. The molecule has 1 aromatic heterocycles. The minimum absolute atomic E-state index is 0.0196. The van der Waals surface area contributed by atoms with E-state index in [0.717, 1.165) is 11.3 Å². The molecular formula is C15H9Cl3N2O3S2. The lowest BCUT2D eigenvalue weighted by molar-refractivity contribution is -0.113. The number of nitrogens with one attached hydrogen (secondary N) is 1. The van der Waals surface area contributed by atoms with Gasteiger partial charge in [-0.05, 0) is 36.4 Å². The molecule has 3 rings (SSSR count). The summed E-state index contributed by atoms with van der Waals surface area (Å²) in [5, 5.41) is 3.94. The summed E-state index contributed by atoms with van der Waals surface area (Å²) in [4.78, 5) is 16.3. The quantitative estimate of drug-likeness (QED) is 0.646. The molecule has 0 aliphatic carbocycles. The van der Waals surface area contributed by atoms with E-state index in [1.807, 2.05) is 0 Å². The number of carbonyl (C=O) groups excluding carboxylic acids is 1. The summed E-state index contributed by atoms with van der Waals surface area (Å²) in [5.41, 5.74) is 0.493. The Hall–Kier alpha value is -1.38. The molecule has 3 aromatic rings. The summed E-state index contributed by atoms with van der Waals surface area (Å²) in [6, 6.07) is 8.81. The number of amides is 1. The number of fused-ring (bicyclic) bond motifs is 1. The zero-order chi connectivity index (χ0) is 18.2. The first-order chi connectivity index (χ1) is 11.7. The molecule has 1 heterocycles. The Balaban J connectivity index is 1.78. The predicted molar refractivity (Wildman–Crippen MR) is 102 cm³/mol. The van der Waals surface area contributed by atoms with E-state index in [9.17, 15) is 13.2 Å². The fraction of sp³-hybridized carbons (Fsp3) is 0.0667. The SMILES string of the molecule is O=C(CS(=O)(=O)c1ccc(Cl)cc1)Nc1nc2c(Cl)cc(Cl)cc2s1. The van der Waals surface area contributed by atoms with Gasteiger partial charge in [0.15, 0.2) is 15.0 Å². The normalized spacial score (nSPS) is 11.6. The number of hydrogen-bond acceptors (Lipinski definition) is 5. The smallest absolute Gasteiger partial charge is 0.241 e. The van der Waals surface area contributed by atoms with Gasteiger partial charge in [0.1, 0.15) is 11.3 Å². The van der Waals surface area contributed by atoms with Gasteiger partial charge in [-0.25, -0.2) is 13.4 Å². The molecule has 0 saturated carbocycles. The molecule has 0 saturated heterocycles. The third-order valence-corrected chi connectivity index (χ3v) is 6.46. The summed E-state index contributed by atoms with van der Waals surface area (Å²) in [7, 11) is -3.78.